The van der Waals surface area contributed by atoms with E-state index in [0.29, 0.717) is 11.3 Å². The molecule has 0 aliphatic carbocycles. The Balaban J connectivity index is 1.34. The molecule has 1 aromatic heterocycles. The van der Waals surface area contributed by atoms with Gasteiger partial charge in [0.05, 0.1) is 18.0 Å². The predicted octanol–water partition coefficient (Wildman–Crippen LogP) is 13.2. The van der Waals surface area contributed by atoms with Gasteiger partial charge < -0.3 is 9.32 Å². The number of fused-ring (bicyclic) bond motifs is 4. The highest BCUT2D eigenvalue weighted by Gasteiger charge is 2.20. The fraction of sp³-hybridized carbons (Fsp3) is 0. The zero-order valence-corrected chi connectivity index (χ0v) is 25.6. The lowest BCUT2D eigenvalue weighted by Crippen LogP contribution is -2.11. The average molecular weight is 623 g/mol. The summed E-state index contributed by atoms with van der Waals surface area (Å²) in [5.74, 6) is 0. The summed E-state index contributed by atoms with van der Waals surface area (Å²) in [5.41, 5.74) is 6.81. The minimum atomic E-state index is -0.541. The van der Waals surface area contributed by atoms with Gasteiger partial charge in [-0.15, -0.1) is 0 Å². The number of nitrogens with zero attached hydrogens (tertiary/aromatic N) is 1. The van der Waals surface area contributed by atoms with Crippen molar-refractivity contribution in [2.24, 2.45) is 0 Å². The molecule has 0 aliphatic heterocycles. The largest absolute Gasteiger partial charge is 0.456 e. The molecular weight excluding hydrogens is 583 g/mol. The van der Waals surface area contributed by atoms with E-state index < -0.39 is 36.3 Å². The van der Waals surface area contributed by atoms with E-state index in [1.165, 1.54) is 0 Å². The molecule has 9 rings (SSSR count). The summed E-state index contributed by atoms with van der Waals surface area (Å²) in [7, 11) is 0. The molecule has 9 aromatic rings. The SMILES string of the molecule is [2H]c1c([2H])c(-c2ccccc2N(c2ccc(-c3ccccc3)cc2)c2ccc(-c3ccccc3)cc2)c2c(oc3c([2H])c4c([2H])c([2H])c([2H])c([2H])c4c([2H])c32)c1[2H]. The highest BCUT2D eigenvalue weighted by Crippen LogP contribution is 2.45. The van der Waals surface area contributed by atoms with Crippen LogP contribution in [0.2, 0.25) is 0 Å². The average Bonchev–Trinajstić information content (AvgIpc) is 3.65. The Morgan fingerprint density at radius 2 is 0.979 bits per heavy atom. The number of benzene rings is 8. The van der Waals surface area contributed by atoms with Crippen LogP contribution in [0.1, 0.15) is 12.3 Å². The minimum Gasteiger partial charge on any atom is -0.456 e. The first-order valence-corrected chi connectivity index (χ1v) is 15.6. The number of rotatable bonds is 6. The number of hydrogen-bond donors (Lipinski definition) is 0. The maximum atomic E-state index is 9.40. The fourth-order valence-corrected chi connectivity index (χ4v) is 6.29. The van der Waals surface area contributed by atoms with E-state index in [2.05, 4.69) is 0 Å². The van der Waals surface area contributed by atoms with Crippen molar-refractivity contribution in [3.05, 3.63) is 188 Å². The smallest absolute Gasteiger partial charge is 0.136 e. The molecule has 0 saturated carbocycles. The van der Waals surface area contributed by atoms with Crippen molar-refractivity contribution in [3.8, 4) is 33.4 Å². The molecule has 0 amide bonds. The molecule has 0 aliphatic rings. The van der Waals surface area contributed by atoms with E-state index in [9.17, 15) is 2.74 Å². The van der Waals surface area contributed by atoms with Gasteiger partial charge in [0.1, 0.15) is 11.2 Å². The van der Waals surface area contributed by atoms with Crippen LogP contribution in [0.5, 0.6) is 0 Å². The number of hydrogen-bond acceptors (Lipinski definition) is 2. The third-order valence-electron chi connectivity index (χ3n) is 8.58. The van der Waals surface area contributed by atoms with E-state index in [-0.39, 0.29) is 56.4 Å². The first-order chi connectivity index (χ1) is 27.6. The van der Waals surface area contributed by atoms with Gasteiger partial charge in [-0.3, -0.25) is 0 Å². The van der Waals surface area contributed by atoms with Crippen molar-refractivity contribution in [2.75, 3.05) is 4.90 Å². The van der Waals surface area contributed by atoms with E-state index in [4.69, 9.17) is 14.0 Å². The third-order valence-corrected chi connectivity index (χ3v) is 8.58. The third kappa shape index (κ3) is 4.92. The maximum Gasteiger partial charge on any atom is 0.136 e. The van der Waals surface area contributed by atoms with Crippen molar-refractivity contribution < 1.29 is 16.8 Å². The highest BCUT2D eigenvalue weighted by molar-refractivity contribution is 6.16. The molecule has 0 unspecified atom stereocenters. The molecule has 2 nitrogen and oxygen atoms in total. The summed E-state index contributed by atoms with van der Waals surface area (Å²) in [5, 5.41) is -0.153. The van der Waals surface area contributed by atoms with Crippen LogP contribution in [0.3, 0.4) is 0 Å². The van der Waals surface area contributed by atoms with Crippen LogP contribution in [-0.2, 0) is 0 Å². The van der Waals surface area contributed by atoms with Gasteiger partial charge in [-0.2, -0.15) is 0 Å². The van der Waals surface area contributed by atoms with Crippen LogP contribution in [0.15, 0.2) is 192 Å². The minimum absolute atomic E-state index is 0.0327. The van der Waals surface area contributed by atoms with E-state index in [0.717, 1.165) is 33.6 Å². The van der Waals surface area contributed by atoms with Gasteiger partial charge in [-0.05, 0) is 87.0 Å². The van der Waals surface area contributed by atoms with Crippen molar-refractivity contribution in [2.45, 2.75) is 0 Å². The second kappa shape index (κ2) is 11.8. The van der Waals surface area contributed by atoms with Gasteiger partial charge in [-0.25, -0.2) is 0 Å². The monoisotopic (exact) mass is 622 g/mol. The maximum absolute atomic E-state index is 9.40. The molecule has 0 saturated heterocycles. The first kappa shape index (κ1) is 20.0. The van der Waals surface area contributed by atoms with Gasteiger partial charge in [0.2, 0.25) is 0 Å². The summed E-state index contributed by atoms with van der Waals surface area (Å²) in [6.07, 6.45) is 0. The molecule has 0 spiro atoms. The zero-order chi connectivity index (χ0) is 39.7. The van der Waals surface area contributed by atoms with Gasteiger partial charge in [0.25, 0.3) is 0 Å². The molecule has 0 atom stereocenters. The fourth-order valence-electron chi connectivity index (χ4n) is 6.29. The Labute approximate surface area is 292 Å². The Bertz CT molecular complexity index is 2960. The van der Waals surface area contributed by atoms with Crippen molar-refractivity contribution >= 4 is 49.8 Å². The van der Waals surface area contributed by atoms with Crippen LogP contribution in [0.4, 0.5) is 17.1 Å². The quantitative estimate of drug-likeness (QED) is 0.183. The zero-order valence-electron chi connectivity index (χ0n) is 34.6. The van der Waals surface area contributed by atoms with Crippen LogP contribution >= 0.6 is 0 Å². The molecule has 226 valence electrons. The molecule has 8 aromatic carbocycles. The second-order valence-corrected chi connectivity index (χ2v) is 11.4. The summed E-state index contributed by atoms with van der Waals surface area (Å²) < 4.78 is 85.9. The van der Waals surface area contributed by atoms with Crippen LogP contribution in [0.25, 0.3) is 66.1 Å². The van der Waals surface area contributed by atoms with Gasteiger partial charge in [0.15, 0.2) is 0 Å². The topological polar surface area (TPSA) is 16.4 Å². The van der Waals surface area contributed by atoms with Crippen molar-refractivity contribution in [3.63, 3.8) is 0 Å². The van der Waals surface area contributed by atoms with Gasteiger partial charge in [0, 0.05) is 27.7 Å². The molecule has 0 fully saturated rings. The number of furan rings is 1. The molecule has 1 heterocycles. The van der Waals surface area contributed by atoms with E-state index in [1.54, 1.807) is 0 Å². The molecule has 2 heteroatoms. The Morgan fingerprint density at radius 1 is 0.438 bits per heavy atom. The van der Waals surface area contributed by atoms with Crippen molar-refractivity contribution in [1.82, 2.24) is 0 Å². The standard InChI is InChI=1S/C46H31NO/c1-3-12-32(13-4-1)34-22-26-38(27-23-34)47(39-28-24-35(25-29-39)33-14-5-2-6-15-33)43-20-10-9-18-40(43)41-19-11-21-44-46(41)42-30-36-16-7-8-17-37(36)31-45(42)48-44/h1-31H/i7D,8D,11D,16D,17D,19D,21D,30D,31D. The lowest BCUT2D eigenvalue weighted by atomic mass is 9.96. The number of para-hydroxylation sites is 1. The summed E-state index contributed by atoms with van der Waals surface area (Å²) in [6, 6.07) is 39.9. The summed E-state index contributed by atoms with van der Waals surface area (Å²) in [4.78, 5) is 2.05. The second-order valence-electron chi connectivity index (χ2n) is 11.4. The van der Waals surface area contributed by atoms with Crippen LogP contribution < -0.4 is 4.90 Å². The molecule has 48 heavy (non-hydrogen) atoms. The Kier molecular flexibility index (Phi) is 4.90. The Hall–Kier alpha value is -6.38. The first-order valence-electron chi connectivity index (χ1n) is 20.1. The normalized spacial score (nSPS) is 14.0. The molecular formula is C46H31NO. The lowest BCUT2D eigenvalue weighted by molar-refractivity contribution is 0.669. The predicted molar refractivity (Wildman–Crippen MR) is 202 cm³/mol. The van der Waals surface area contributed by atoms with E-state index >= 15 is 0 Å². The van der Waals surface area contributed by atoms with Gasteiger partial charge in [-0.1, -0.05) is 139 Å². The molecule has 0 N–H and O–H groups in total. The molecule has 0 radical (unpaired) electrons. The van der Waals surface area contributed by atoms with Gasteiger partial charge >= 0.3 is 0 Å². The number of anilines is 3. The highest BCUT2D eigenvalue weighted by atomic mass is 16.3. The summed E-state index contributed by atoms with van der Waals surface area (Å²) >= 11 is 0. The summed E-state index contributed by atoms with van der Waals surface area (Å²) in [6.45, 7) is 0. The van der Waals surface area contributed by atoms with Crippen molar-refractivity contribution in [1.29, 1.82) is 0 Å². The van der Waals surface area contributed by atoms with Crippen LogP contribution in [-0.4, -0.2) is 0 Å². The Morgan fingerprint density at radius 3 is 1.60 bits per heavy atom. The van der Waals surface area contributed by atoms with E-state index in [1.807, 2.05) is 138 Å². The lowest BCUT2D eigenvalue weighted by Gasteiger charge is -2.28. The molecule has 0 bridgehead atoms. The van der Waals surface area contributed by atoms with Crippen LogP contribution in [0, 0.1) is 0 Å².